The zero-order valence-corrected chi connectivity index (χ0v) is 15.1. The minimum absolute atomic E-state index is 1.18. The van der Waals surface area contributed by atoms with Crippen LogP contribution in [0.15, 0.2) is 91.3 Å². The minimum Gasteiger partial charge on any atom is -0.264 e. The molecule has 0 bridgehead atoms. The van der Waals surface area contributed by atoms with Crippen LogP contribution in [0, 0.1) is 0 Å². The third-order valence-electron chi connectivity index (χ3n) is 6.24. The molecule has 0 radical (unpaired) electrons. The van der Waals surface area contributed by atoms with E-state index in [1.165, 1.54) is 65.3 Å². The van der Waals surface area contributed by atoms with Crippen molar-refractivity contribution in [2.24, 2.45) is 0 Å². The van der Waals surface area contributed by atoms with E-state index < -0.39 is 0 Å². The second-order valence-corrected chi connectivity index (χ2v) is 7.65. The Bertz CT molecular complexity index is 1610. The highest BCUT2D eigenvalue weighted by Gasteiger charge is 2.21. The van der Waals surface area contributed by atoms with Gasteiger partial charge >= 0.3 is 0 Å². The van der Waals surface area contributed by atoms with Crippen LogP contribution in [0.1, 0.15) is 0 Å². The summed E-state index contributed by atoms with van der Waals surface area (Å²) >= 11 is 0. The van der Waals surface area contributed by atoms with Gasteiger partial charge in [0, 0.05) is 17.8 Å². The lowest BCUT2D eigenvalue weighted by atomic mass is 9.93. The molecule has 1 aliphatic rings. The Kier molecular flexibility index (Phi) is 2.54. The SMILES string of the molecule is c1cc2c3c(c1)ccc1ccc4c(-c5ccc6ccncc6c5)ccc-2c4c13. The molecule has 0 saturated carbocycles. The third-order valence-corrected chi connectivity index (χ3v) is 6.24. The van der Waals surface area contributed by atoms with Gasteiger partial charge < -0.3 is 0 Å². The molecule has 1 nitrogen and oxygen atoms in total. The van der Waals surface area contributed by atoms with E-state index in [-0.39, 0.29) is 0 Å². The Morgan fingerprint density at radius 2 is 1.29 bits per heavy atom. The molecule has 1 aliphatic carbocycles. The van der Waals surface area contributed by atoms with E-state index in [1.54, 1.807) is 0 Å². The molecule has 1 heteroatoms. The van der Waals surface area contributed by atoms with Gasteiger partial charge in [-0.05, 0) is 72.1 Å². The standard InChI is InChI=1S/C27H15N/c1-2-17-5-6-18-8-9-23-21(19-7-4-16-12-13-28-15-20(16)14-19)10-11-24-22(3-1)25(17)26(18)27(23)24/h1-15H. The summed E-state index contributed by atoms with van der Waals surface area (Å²) in [6, 6.07) is 29.1. The van der Waals surface area contributed by atoms with E-state index in [0.717, 1.165) is 0 Å². The molecule has 6 aromatic rings. The van der Waals surface area contributed by atoms with E-state index in [0.29, 0.717) is 0 Å². The molecule has 1 heterocycles. The van der Waals surface area contributed by atoms with Gasteiger partial charge in [-0.3, -0.25) is 4.98 Å². The van der Waals surface area contributed by atoms with Crippen molar-refractivity contribution >= 4 is 43.1 Å². The molecule has 5 aromatic carbocycles. The number of benzene rings is 5. The number of hydrogen-bond acceptors (Lipinski definition) is 1. The zero-order chi connectivity index (χ0) is 18.2. The molecule has 0 fully saturated rings. The van der Waals surface area contributed by atoms with Crippen LogP contribution in [0.4, 0.5) is 0 Å². The van der Waals surface area contributed by atoms with Crippen LogP contribution in [0.25, 0.3) is 65.3 Å². The summed E-state index contributed by atoms with van der Waals surface area (Å²) in [7, 11) is 0. The Morgan fingerprint density at radius 1 is 0.500 bits per heavy atom. The number of nitrogens with zero attached hydrogens (tertiary/aromatic N) is 1. The van der Waals surface area contributed by atoms with Crippen LogP contribution >= 0.6 is 0 Å². The molecule has 7 rings (SSSR count). The predicted molar refractivity (Wildman–Crippen MR) is 119 cm³/mol. The van der Waals surface area contributed by atoms with Gasteiger partial charge in [-0.15, -0.1) is 0 Å². The van der Waals surface area contributed by atoms with E-state index in [2.05, 4.69) is 83.8 Å². The monoisotopic (exact) mass is 353 g/mol. The molecule has 0 N–H and O–H groups in total. The Balaban J connectivity index is 1.63. The highest BCUT2D eigenvalue weighted by atomic mass is 14.6. The van der Waals surface area contributed by atoms with E-state index in [4.69, 9.17) is 0 Å². The quantitative estimate of drug-likeness (QED) is 0.281. The molecule has 0 atom stereocenters. The summed E-state index contributed by atoms with van der Waals surface area (Å²) in [6.45, 7) is 0. The lowest BCUT2D eigenvalue weighted by Crippen LogP contribution is -1.84. The van der Waals surface area contributed by atoms with Crippen molar-refractivity contribution < 1.29 is 0 Å². The van der Waals surface area contributed by atoms with Crippen molar-refractivity contribution in [1.82, 2.24) is 4.98 Å². The first-order valence-corrected chi connectivity index (χ1v) is 9.64. The van der Waals surface area contributed by atoms with Crippen LogP contribution in [-0.2, 0) is 0 Å². The number of aromatic nitrogens is 1. The molecule has 0 amide bonds. The lowest BCUT2D eigenvalue weighted by Gasteiger charge is -2.11. The average Bonchev–Trinajstić information content (AvgIpc) is 3.11. The van der Waals surface area contributed by atoms with Gasteiger partial charge in [0.15, 0.2) is 0 Å². The van der Waals surface area contributed by atoms with Crippen LogP contribution in [0.2, 0.25) is 0 Å². The van der Waals surface area contributed by atoms with E-state index in [1.807, 2.05) is 12.4 Å². The maximum atomic E-state index is 4.30. The fourth-order valence-corrected chi connectivity index (χ4v) is 4.99. The zero-order valence-electron chi connectivity index (χ0n) is 15.1. The van der Waals surface area contributed by atoms with Gasteiger partial charge in [0.2, 0.25) is 0 Å². The number of fused-ring (bicyclic) bond motifs is 2. The summed E-state index contributed by atoms with van der Waals surface area (Å²) in [5, 5.41) is 10.6. The topological polar surface area (TPSA) is 12.9 Å². The van der Waals surface area contributed by atoms with Crippen LogP contribution in [0.3, 0.4) is 0 Å². The number of rotatable bonds is 1. The largest absolute Gasteiger partial charge is 0.264 e. The lowest BCUT2D eigenvalue weighted by molar-refractivity contribution is 1.36. The smallest absolute Gasteiger partial charge is 0.0346 e. The second kappa shape index (κ2) is 4.96. The van der Waals surface area contributed by atoms with Gasteiger partial charge in [-0.1, -0.05) is 66.7 Å². The number of hydrogen-bond donors (Lipinski definition) is 0. The molecule has 128 valence electrons. The summed E-state index contributed by atoms with van der Waals surface area (Å²) in [4.78, 5) is 4.30. The summed E-state index contributed by atoms with van der Waals surface area (Å²) in [5.41, 5.74) is 5.26. The first kappa shape index (κ1) is 14.4. The van der Waals surface area contributed by atoms with Gasteiger partial charge in [-0.25, -0.2) is 0 Å². The fourth-order valence-electron chi connectivity index (χ4n) is 4.99. The van der Waals surface area contributed by atoms with Gasteiger partial charge in [0.1, 0.15) is 0 Å². The van der Waals surface area contributed by atoms with Crippen LogP contribution < -0.4 is 0 Å². The first-order chi connectivity index (χ1) is 13.9. The van der Waals surface area contributed by atoms with E-state index in [9.17, 15) is 0 Å². The first-order valence-electron chi connectivity index (χ1n) is 9.64. The van der Waals surface area contributed by atoms with Crippen molar-refractivity contribution in [3.8, 4) is 22.3 Å². The highest BCUT2D eigenvalue weighted by Crippen LogP contribution is 2.49. The molecule has 1 aromatic heterocycles. The Hall–Kier alpha value is -3.71. The van der Waals surface area contributed by atoms with Crippen molar-refractivity contribution in [3.63, 3.8) is 0 Å². The normalized spacial score (nSPS) is 12.3. The Morgan fingerprint density at radius 3 is 2.25 bits per heavy atom. The van der Waals surface area contributed by atoms with Crippen molar-refractivity contribution in [2.45, 2.75) is 0 Å². The predicted octanol–water partition coefficient (Wildman–Crippen LogP) is 7.34. The number of pyridine rings is 1. The van der Waals surface area contributed by atoms with Crippen LogP contribution in [0.5, 0.6) is 0 Å². The fraction of sp³-hybridized carbons (Fsp3) is 0. The maximum absolute atomic E-state index is 4.30. The summed E-state index contributed by atoms with van der Waals surface area (Å²) in [6.07, 6.45) is 3.80. The van der Waals surface area contributed by atoms with Gasteiger partial charge in [0.25, 0.3) is 0 Å². The van der Waals surface area contributed by atoms with Crippen molar-refractivity contribution in [2.75, 3.05) is 0 Å². The second-order valence-electron chi connectivity index (χ2n) is 7.65. The average molecular weight is 353 g/mol. The van der Waals surface area contributed by atoms with E-state index >= 15 is 0 Å². The molecule has 0 unspecified atom stereocenters. The van der Waals surface area contributed by atoms with Gasteiger partial charge in [0.05, 0.1) is 0 Å². The Labute approximate surface area is 161 Å². The summed E-state index contributed by atoms with van der Waals surface area (Å²) < 4.78 is 0. The highest BCUT2D eigenvalue weighted by molar-refractivity contribution is 6.34. The maximum Gasteiger partial charge on any atom is 0.0346 e. The molecule has 0 spiro atoms. The van der Waals surface area contributed by atoms with Crippen molar-refractivity contribution in [1.29, 1.82) is 0 Å². The molecule has 0 aliphatic heterocycles. The molecular weight excluding hydrogens is 338 g/mol. The van der Waals surface area contributed by atoms with Gasteiger partial charge in [-0.2, -0.15) is 0 Å². The third kappa shape index (κ3) is 1.69. The molecule has 28 heavy (non-hydrogen) atoms. The molecular formula is C27H15N. The molecule has 0 saturated heterocycles. The van der Waals surface area contributed by atoms with Crippen molar-refractivity contribution in [3.05, 3.63) is 91.3 Å². The minimum atomic E-state index is 1.18. The van der Waals surface area contributed by atoms with Crippen LogP contribution in [-0.4, -0.2) is 4.98 Å². The summed E-state index contributed by atoms with van der Waals surface area (Å²) in [5.74, 6) is 0.